The molecule has 1 fully saturated rings. The summed E-state index contributed by atoms with van der Waals surface area (Å²) in [5.41, 5.74) is 4.11. The highest BCUT2D eigenvalue weighted by atomic mass is 16.6. The third-order valence-electron chi connectivity index (χ3n) is 6.28. The number of nitrogens with zero attached hydrogens (tertiary/aromatic N) is 3. The highest BCUT2D eigenvalue weighted by molar-refractivity contribution is 6.02. The number of aromatic amines is 1. The number of hydrogen-bond donors (Lipinski definition) is 1. The lowest BCUT2D eigenvalue weighted by Crippen LogP contribution is -2.29. The number of rotatable bonds is 3. The molecule has 0 radical (unpaired) electrons. The SMILES string of the molecule is CN1CCC(c2c[nH]c3ccc(-n4nc(C(=O)OC(C)(C)C)c5ccccc54)cc23)CC1. The fraction of sp³-hybridized carbons (Fsp3) is 0.385. The first kappa shape index (κ1) is 20.8. The maximum Gasteiger partial charge on any atom is 0.360 e. The molecule has 0 aliphatic carbocycles. The van der Waals surface area contributed by atoms with E-state index >= 15 is 0 Å². The fourth-order valence-electron chi connectivity index (χ4n) is 4.66. The van der Waals surface area contributed by atoms with Crippen molar-refractivity contribution in [1.29, 1.82) is 0 Å². The predicted molar refractivity (Wildman–Crippen MR) is 128 cm³/mol. The van der Waals surface area contributed by atoms with E-state index in [9.17, 15) is 4.79 Å². The summed E-state index contributed by atoms with van der Waals surface area (Å²) in [4.78, 5) is 18.7. The summed E-state index contributed by atoms with van der Waals surface area (Å²) in [6, 6.07) is 14.2. The normalized spacial score (nSPS) is 16.1. The molecule has 1 N–H and O–H groups in total. The van der Waals surface area contributed by atoms with Gasteiger partial charge < -0.3 is 14.6 Å². The first-order valence-electron chi connectivity index (χ1n) is 11.3. The molecule has 0 amide bonds. The molecule has 6 heteroatoms. The molecule has 3 heterocycles. The Kier molecular flexibility index (Phi) is 5.05. The Hall–Kier alpha value is -3.12. The van der Waals surface area contributed by atoms with Crippen LogP contribution in [0.1, 0.15) is 55.6 Å². The molecule has 1 saturated heterocycles. The smallest absolute Gasteiger partial charge is 0.360 e. The number of para-hydroxylation sites is 1. The van der Waals surface area contributed by atoms with Crippen molar-refractivity contribution < 1.29 is 9.53 Å². The van der Waals surface area contributed by atoms with E-state index in [0.717, 1.165) is 35.2 Å². The van der Waals surface area contributed by atoms with E-state index in [1.807, 2.05) is 49.7 Å². The van der Waals surface area contributed by atoms with Gasteiger partial charge in [0.05, 0.1) is 11.2 Å². The molecule has 2 aromatic heterocycles. The van der Waals surface area contributed by atoms with Gasteiger partial charge in [-0.15, -0.1) is 0 Å². The van der Waals surface area contributed by atoms with E-state index in [2.05, 4.69) is 41.3 Å². The number of nitrogens with one attached hydrogen (secondary N) is 1. The van der Waals surface area contributed by atoms with Gasteiger partial charge in [-0.05, 0) is 89.5 Å². The van der Waals surface area contributed by atoms with Gasteiger partial charge in [0.25, 0.3) is 0 Å². The molecule has 0 atom stereocenters. The van der Waals surface area contributed by atoms with Crippen molar-refractivity contribution in [3.05, 3.63) is 59.9 Å². The molecule has 2 aromatic carbocycles. The van der Waals surface area contributed by atoms with Crippen molar-refractivity contribution in [2.24, 2.45) is 0 Å². The van der Waals surface area contributed by atoms with E-state index in [-0.39, 0.29) is 0 Å². The number of aromatic nitrogens is 3. The van der Waals surface area contributed by atoms with Crippen molar-refractivity contribution in [3.63, 3.8) is 0 Å². The molecule has 1 aliphatic rings. The monoisotopic (exact) mass is 430 g/mol. The van der Waals surface area contributed by atoms with Gasteiger partial charge >= 0.3 is 5.97 Å². The number of fused-ring (bicyclic) bond motifs is 2. The number of hydrogen-bond acceptors (Lipinski definition) is 4. The van der Waals surface area contributed by atoms with Crippen LogP contribution in [0.2, 0.25) is 0 Å². The molecule has 166 valence electrons. The van der Waals surface area contributed by atoms with Crippen LogP contribution in [0.4, 0.5) is 0 Å². The summed E-state index contributed by atoms with van der Waals surface area (Å²) < 4.78 is 7.48. The first-order chi connectivity index (χ1) is 15.3. The van der Waals surface area contributed by atoms with Gasteiger partial charge in [-0.25, -0.2) is 9.48 Å². The number of H-pyrrole nitrogens is 1. The second kappa shape index (κ2) is 7.78. The predicted octanol–water partition coefficient (Wildman–Crippen LogP) is 5.27. The van der Waals surface area contributed by atoms with Crippen LogP contribution in [0, 0.1) is 0 Å². The summed E-state index contributed by atoms with van der Waals surface area (Å²) in [5, 5.41) is 6.74. The van der Waals surface area contributed by atoms with E-state index < -0.39 is 11.6 Å². The molecule has 32 heavy (non-hydrogen) atoms. The van der Waals surface area contributed by atoms with Gasteiger partial charge in [0.2, 0.25) is 0 Å². The largest absolute Gasteiger partial charge is 0.455 e. The van der Waals surface area contributed by atoms with Crippen molar-refractivity contribution in [2.75, 3.05) is 20.1 Å². The van der Waals surface area contributed by atoms with E-state index in [1.165, 1.54) is 23.8 Å². The lowest BCUT2D eigenvalue weighted by atomic mass is 9.89. The highest BCUT2D eigenvalue weighted by Gasteiger charge is 2.25. The molecule has 0 saturated carbocycles. The van der Waals surface area contributed by atoms with Crippen LogP contribution in [0.3, 0.4) is 0 Å². The van der Waals surface area contributed by atoms with Crippen LogP contribution in [-0.4, -0.2) is 51.4 Å². The lowest BCUT2D eigenvalue weighted by Gasteiger charge is -2.28. The molecule has 0 unspecified atom stereocenters. The number of likely N-dealkylation sites (tertiary alicyclic amines) is 1. The minimum atomic E-state index is -0.574. The fourth-order valence-corrected chi connectivity index (χ4v) is 4.66. The summed E-state index contributed by atoms with van der Waals surface area (Å²) in [7, 11) is 2.19. The van der Waals surface area contributed by atoms with Crippen LogP contribution < -0.4 is 0 Å². The van der Waals surface area contributed by atoms with Crippen LogP contribution in [0.25, 0.3) is 27.5 Å². The lowest BCUT2D eigenvalue weighted by molar-refractivity contribution is 0.00646. The van der Waals surface area contributed by atoms with Gasteiger partial charge in [-0.2, -0.15) is 5.10 Å². The van der Waals surface area contributed by atoms with Crippen molar-refractivity contribution in [2.45, 2.75) is 45.1 Å². The van der Waals surface area contributed by atoms with Gasteiger partial charge in [0.1, 0.15) is 5.60 Å². The summed E-state index contributed by atoms with van der Waals surface area (Å²) in [5.74, 6) is 0.157. The Morgan fingerprint density at radius 2 is 1.84 bits per heavy atom. The highest BCUT2D eigenvalue weighted by Crippen LogP contribution is 2.34. The molecule has 0 bridgehead atoms. The summed E-state index contributed by atoms with van der Waals surface area (Å²) >= 11 is 0. The number of esters is 1. The summed E-state index contributed by atoms with van der Waals surface area (Å²) in [6.07, 6.45) is 4.50. The van der Waals surface area contributed by atoms with Crippen molar-refractivity contribution >= 4 is 27.8 Å². The average Bonchev–Trinajstić information content (AvgIpc) is 3.34. The molecular weight excluding hydrogens is 400 g/mol. The quantitative estimate of drug-likeness (QED) is 0.450. The number of benzene rings is 2. The molecular formula is C26H30N4O2. The Morgan fingerprint density at radius 3 is 2.59 bits per heavy atom. The number of carbonyl (C=O) groups is 1. The summed E-state index contributed by atoms with van der Waals surface area (Å²) in [6.45, 7) is 7.86. The average molecular weight is 431 g/mol. The third kappa shape index (κ3) is 3.79. The minimum absolute atomic E-state index is 0.347. The second-order valence-corrected chi connectivity index (χ2v) is 9.83. The van der Waals surface area contributed by atoms with Gasteiger partial charge in [0.15, 0.2) is 5.69 Å². The Balaban J connectivity index is 1.59. The zero-order chi connectivity index (χ0) is 22.5. The van der Waals surface area contributed by atoms with E-state index in [4.69, 9.17) is 9.84 Å². The third-order valence-corrected chi connectivity index (χ3v) is 6.28. The van der Waals surface area contributed by atoms with Crippen LogP contribution in [0.15, 0.2) is 48.7 Å². The molecule has 0 spiro atoms. The number of ether oxygens (including phenoxy) is 1. The Labute approximate surface area is 188 Å². The van der Waals surface area contributed by atoms with Gasteiger partial charge in [-0.3, -0.25) is 0 Å². The molecule has 4 aromatic rings. The molecule has 6 nitrogen and oxygen atoms in total. The van der Waals surface area contributed by atoms with Crippen LogP contribution in [0.5, 0.6) is 0 Å². The van der Waals surface area contributed by atoms with Gasteiger partial charge in [0, 0.05) is 22.5 Å². The first-order valence-corrected chi connectivity index (χ1v) is 11.3. The molecule has 5 rings (SSSR count). The minimum Gasteiger partial charge on any atom is -0.455 e. The zero-order valence-corrected chi connectivity index (χ0v) is 19.2. The van der Waals surface area contributed by atoms with E-state index in [0.29, 0.717) is 11.6 Å². The van der Waals surface area contributed by atoms with E-state index in [1.54, 1.807) is 0 Å². The van der Waals surface area contributed by atoms with Gasteiger partial charge in [-0.1, -0.05) is 18.2 Å². The Bertz CT molecular complexity index is 1290. The topological polar surface area (TPSA) is 63.2 Å². The number of carbonyl (C=O) groups excluding carboxylic acids is 1. The van der Waals surface area contributed by atoms with Crippen LogP contribution >= 0.6 is 0 Å². The maximum atomic E-state index is 12.9. The van der Waals surface area contributed by atoms with Crippen molar-refractivity contribution in [1.82, 2.24) is 19.7 Å². The Morgan fingerprint density at radius 1 is 1.09 bits per heavy atom. The zero-order valence-electron chi connectivity index (χ0n) is 19.2. The maximum absolute atomic E-state index is 12.9. The second-order valence-electron chi connectivity index (χ2n) is 9.83. The van der Waals surface area contributed by atoms with Crippen LogP contribution in [-0.2, 0) is 4.74 Å². The molecule has 1 aliphatic heterocycles. The number of piperidine rings is 1. The standard InChI is InChI=1S/C26H30N4O2/c1-26(2,3)32-25(31)24-19-7-5-6-8-23(19)30(28-24)18-9-10-22-20(15-18)21(16-27-22)17-11-13-29(4)14-12-17/h5-10,15-17,27H,11-14H2,1-4H3. The van der Waals surface area contributed by atoms with Crippen molar-refractivity contribution in [3.8, 4) is 5.69 Å².